The highest BCUT2D eigenvalue weighted by molar-refractivity contribution is 5.92. The number of ether oxygens (including phenoxy) is 1. The van der Waals surface area contributed by atoms with Gasteiger partial charge >= 0.3 is 0 Å². The number of hydrogen-bond acceptors (Lipinski definition) is 6. The Labute approximate surface area is 150 Å². The Balaban J connectivity index is 1.98. The summed E-state index contributed by atoms with van der Waals surface area (Å²) in [6.07, 6.45) is 3.87. The van der Waals surface area contributed by atoms with Crippen molar-refractivity contribution in [3.8, 4) is 22.6 Å². The molecule has 0 aliphatic rings. The molecular formula is C20H16N2O4. The second kappa shape index (κ2) is 7.57. The van der Waals surface area contributed by atoms with Crippen LogP contribution in [0.4, 0.5) is 0 Å². The van der Waals surface area contributed by atoms with Crippen LogP contribution in [-0.2, 0) is 6.61 Å². The fraction of sp³-hybridized carbons (Fsp3) is 0.100. The van der Waals surface area contributed by atoms with Crippen molar-refractivity contribution >= 4 is 12.1 Å². The van der Waals surface area contributed by atoms with Gasteiger partial charge in [-0.05, 0) is 35.9 Å². The minimum atomic E-state index is -0.155. The van der Waals surface area contributed by atoms with Crippen molar-refractivity contribution in [3.05, 3.63) is 71.8 Å². The zero-order valence-electron chi connectivity index (χ0n) is 14.0. The van der Waals surface area contributed by atoms with Gasteiger partial charge in [-0.1, -0.05) is 12.1 Å². The van der Waals surface area contributed by atoms with Crippen LogP contribution >= 0.6 is 0 Å². The summed E-state index contributed by atoms with van der Waals surface area (Å²) >= 11 is 0. The van der Waals surface area contributed by atoms with E-state index in [0.29, 0.717) is 17.7 Å². The molecule has 26 heavy (non-hydrogen) atoms. The highest BCUT2D eigenvalue weighted by Gasteiger charge is 2.13. The van der Waals surface area contributed by atoms with Gasteiger partial charge < -0.3 is 9.84 Å². The molecule has 0 aliphatic heterocycles. The van der Waals surface area contributed by atoms with Gasteiger partial charge in [0.1, 0.15) is 23.8 Å². The molecule has 1 N–H and O–H groups in total. The molecular weight excluding hydrogens is 332 g/mol. The number of hydrogen-bond donors (Lipinski definition) is 1. The summed E-state index contributed by atoms with van der Waals surface area (Å²) in [5, 5.41) is 9.76. The predicted octanol–water partition coefficient (Wildman–Crippen LogP) is 3.44. The number of ketones is 1. The van der Waals surface area contributed by atoms with Crippen molar-refractivity contribution in [2.45, 2.75) is 13.5 Å². The van der Waals surface area contributed by atoms with E-state index in [-0.39, 0.29) is 29.5 Å². The molecule has 3 aromatic rings. The summed E-state index contributed by atoms with van der Waals surface area (Å²) in [6.45, 7) is 1.47. The number of phenolic OH excluding ortho intramolecular Hbond substituents is 1. The van der Waals surface area contributed by atoms with Crippen molar-refractivity contribution in [2.24, 2.45) is 0 Å². The molecule has 0 bridgehead atoms. The number of benzene rings is 1. The number of pyridine rings is 2. The molecule has 0 radical (unpaired) electrons. The van der Waals surface area contributed by atoms with Crippen LogP contribution in [0.1, 0.15) is 33.5 Å². The lowest BCUT2D eigenvalue weighted by molar-refractivity contribution is 0.101. The molecule has 0 saturated heterocycles. The molecule has 0 unspecified atom stereocenters. The maximum absolute atomic E-state index is 11.7. The average Bonchev–Trinajstić information content (AvgIpc) is 2.66. The van der Waals surface area contributed by atoms with Gasteiger partial charge in [0.15, 0.2) is 12.1 Å². The van der Waals surface area contributed by atoms with Gasteiger partial charge in [-0.25, -0.2) is 4.98 Å². The quantitative estimate of drug-likeness (QED) is 0.542. The molecule has 2 heterocycles. The van der Waals surface area contributed by atoms with Crippen molar-refractivity contribution in [1.82, 2.24) is 9.97 Å². The number of nitrogens with zero attached hydrogens (tertiary/aromatic N) is 2. The summed E-state index contributed by atoms with van der Waals surface area (Å²) in [5.41, 5.74) is 2.62. The van der Waals surface area contributed by atoms with E-state index in [1.165, 1.54) is 13.0 Å². The lowest BCUT2D eigenvalue weighted by Crippen LogP contribution is -2.06. The standard InChI is InChI=1S/C20H16N2O4/c1-13(24)17-6-5-15(14-7-9-21-10-8-14)18(22-17)12-26-20-4-2-3-19(25)16(20)11-23/h2-11,25H,12H2,1H3. The Bertz CT molecular complexity index is 955. The number of aldehydes is 1. The van der Waals surface area contributed by atoms with Gasteiger partial charge in [-0.15, -0.1) is 0 Å². The normalized spacial score (nSPS) is 10.3. The van der Waals surface area contributed by atoms with Crippen molar-refractivity contribution < 1.29 is 19.4 Å². The van der Waals surface area contributed by atoms with Crippen LogP contribution in [0.25, 0.3) is 11.1 Å². The summed E-state index contributed by atoms with van der Waals surface area (Å²) in [6, 6.07) is 11.7. The van der Waals surface area contributed by atoms with E-state index < -0.39 is 0 Å². The molecule has 0 atom stereocenters. The van der Waals surface area contributed by atoms with E-state index in [9.17, 15) is 14.7 Å². The molecule has 0 aliphatic carbocycles. The van der Waals surface area contributed by atoms with Crippen LogP contribution in [0.2, 0.25) is 0 Å². The van der Waals surface area contributed by atoms with Gasteiger partial charge in [0.2, 0.25) is 0 Å². The van der Waals surface area contributed by atoms with Crippen LogP contribution in [0.15, 0.2) is 54.9 Å². The zero-order chi connectivity index (χ0) is 18.5. The van der Waals surface area contributed by atoms with Crippen molar-refractivity contribution in [3.63, 3.8) is 0 Å². The van der Waals surface area contributed by atoms with Gasteiger partial charge in [-0.2, -0.15) is 0 Å². The Morgan fingerprint density at radius 2 is 1.92 bits per heavy atom. The maximum Gasteiger partial charge on any atom is 0.178 e. The summed E-state index contributed by atoms with van der Waals surface area (Å²) < 4.78 is 5.71. The molecule has 2 aromatic heterocycles. The Morgan fingerprint density at radius 3 is 2.62 bits per heavy atom. The molecule has 0 fully saturated rings. The lowest BCUT2D eigenvalue weighted by atomic mass is 10.0. The first-order chi connectivity index (χ1) is 12.6. The fourth-order valence-electron chi connectivity index (χ4n) is 2.52. The summed E-state index contributed by atoms with van der Waals surface area (Å²) in [7, 11) is 0. The van der Waals surface area contributed by atoms with Crippen molar-refractivity contribution in [2.75, 3.05) is 0 Å². The summed E-state index contributed by atoms with van der Waals surface area (Å²) in [4.78, 5) is 31.3. The molecule has 6 heteroatoms. The molecule has 1 aromatic carbocycles. The first kappa shape index (κ1) is 17.3. The predicted molar refractivity (Wildman–Crippen MR) is 95.3 cm³/mol. The monoisotopic (exact) mass is 348 g/mol. The Hall–Kier alpha value is -3.54. The van der Waals surface area contributed by atoms with E-state index in [1.807, 2.05) is 12.1 Å². The number of carbonyl (C=O) groups excluding carboxylic acids is 2. The highest BCUT2D eigenvalue weighted by atomic mass is 16.5. The molecule has 0 amide bonds. The minimum absolute atomic E-state index is 0.0308. The van der Waals surface area contributed by atoms with E-state index in [0.717, 1.165) is 11.1 Å². The third kappa shape index (κ3) is 3.59. The van der Waals surface area contributed by atoms with Gasteiger partial charge in [0.05, 0.1) is 11.3 Å². The maximum atomic E-state index is 11.7. The van der Waals surface area contributed by atoms with Crippen LogP contribution in [0.3, 0.4) is 0 Å². The first-order valence-electron chi connectivity index (χ1n) is 7.91. The van der Waals surface area contributed by atoms with E-state index in [4.69, 9.17) is 4.74 Å². The summed E-state index contributed by atoms with van der Waals surface area (Å²) in [5.74, 6) is -0.0635. The number of aromatic hydroxyl groups is 1. The first-order valence-corrected chi connectivity index (χ1v) is 7.91. The molecule has 3 rings (SSSR count). The Kier molecular flexibility index (Phi) is 5.03. The second-order valence-corrected chi connectivity index (χ2v) is 5.58. The Morgan fingerprint density at radius 1 is 1.15 bits per heavy atom. The number of phenols is 1. The molecule has 0 saturated carbocycles. The molecule has 0 spiro atoms. The third-order valence-electron chi connectivity index (χ3n) is 3.85. The van der Waals surface area contributed by atoms with Crippen LogP contribution < -0.4 is 4.74 Å². The van der Waals surface area contributed by atoms with Gasteiger partial charge in [0.25, 0.3) is 0 Å². The SMILES string of the molecule is CC(=O)c1ccc(-c2ccncc2)c(COc2cccc(O)c2C=O)n1. The number of aromatic nitrogens is 2. The van der Waals surface area contributed by atoms with E-state index in [1.54, 1.807) is 36.7 Å². The average molecular weight is 348 g/mol. The smallest absolute Gasteiger partial charge is 0.178 e. The number of rotatable bonds is 6. The molecule has 6 nitrogen and oxygen atoms in total. The molecule has 130 valence electrons. The largest absolute Gasteiger partial charge is 0.507 e. The lowest BCUT2D eigenvalue weighted by Gasteiger charge is -2.13. The minimum Gasteiger partial charge on any atom is -0.507 e. The third-order valence-corrected chi connectivity index (χ3v) is 3.85. The van der Waals surface area contributed by atoms with E-state index >= 15 is 0 Å². The van der Waals surface area contributed by atoms with Crippen LogP contribution in [0, 0.1) is 0 Å². The number of Topliss-reactive ketones (excluding diaryl/α,β-unsaturated/α-hetero) is 1. The topological polar surface area (TPSA) is 89.4 Å². The highest BCUT2D eigenvalue weighted by Crippen LogP contribution is 2.28. The van der Waals surface area contributed by atoms with Gasteiger partial charge in [-0.3, -0.25) is 14.6 Å². The van der Waals surface area contributed by atoms with Crippen LogP contribution in [-0.4, -0.2) is 27.1 Å². The zero-order valence-corrected chi connectivity index (χ0v) is 14.0. The van der Waals surface area contributed by atoms with E-state index in [2.05, 4.69) is 9.97 Å². The van der Waals surface area contributed by atoms with Crippen LogP contribution in [0.5, 0.6) is 11.5 Å². The van der Waals surface area contributed by atoms with Crippen molar-refractivity contribution in [1.29, 1.82) is 0 Å². The fourth-order valence-corrected chi connectivity index (χ4v) is 2.52. The van der Waals surface area contributed by atoms with Gasteiger partial charge in [0, 0.05) is 24.9 Å². The number of carbonyl (C=O) groups is 2. The second-order valence-electron chi connectivity index (χ2n) is 5.58.